The highest BCUT2D eigenvalue weighted by atomic mass is 19.4. The van der Waals surface area contributed by atoms with Crippen LogP contribution in [0.5, 0.6) is 0 Å². The van der Waals surface area contributed by atoms with E-state index in [2.05, 4.69) is 5.32 Å². The fourth-order valence-corrected chi connectivity index (χ4v) is 3.35. The topological polar surface area (TPSA) is 49.4 Å². The number of hydrogen-bond acceptors (Lipinski definition) is 2. The van der Waals surface area contributed by atoms with E-state index >= 15 is 0 Å². The van der Waals surface area contributed by atoms with Gasteiger partial charge in [0.05, 0.1) is 17.5 Å². The molecule has 3 rings (SSSR count). The molecule has 2 aromatic carbocycles. The van der Waals surface area contributed by atoms with Gasteiger partial charge in [0, 0.05) is 19.1 Å². The van der Waals surface area contributed by atoms with Crippen molar-refractivity contribution < 1.29 is 27.2 Å². The second kappa shape index (κ2) is 8.63. The molecule has 0 radical (unpaired) electrons. The first-order valence-electron chi connectivity index (χ1n) is 9.23. The highest BCUT2D eigenvalue weighted by Gasteiger charge is 2.35. The van der Waals surface area contributed by atoms with E-state index in [0.717, 1.165) is 12.1 Å². The summed E-state index contributed by atoms with van der Waals surface area (Å²) in [5.41, 5.74) is -0.671. The summed E-state index contributed by atoms with van der Waals surface area (Å²) < 4.78 is 52.2. The van der Waals surface area contributed by atoms with Crippen LogP contribution in [0.15, 0.2) is 48.5 Å². The Balaban J connectivity index is 1.54. The standard InChI is InChI=1S/C21H20F4N2O2/c22-15-7-5-14(6-8-15)13-19(28)27-11-9-16(10-12-27)26-20(29)17-3-1-2-4-18(17)21(23,24)25/h1-8,16H,9-13H2,(H,26,29). The number of likely N-dealkylation sites (tertiary alicyclic amines) is 1. The summed E-state index contributed by atoms with van der Waals surface area (Å²) in [4.78, 5) is 26.4. The van der Waals surface area contributed by atoms with Gasteiger partial charge in [-0.2, -0.15) is 13.2 Å². The lowest BCUT2D eigenvalue weighted by Gasteiger charge is -2.32. The first-order valence-corrected chi connectivity index (χ1v) is 9.23. The van der Waals surface area contributed by atoms with Crippen LogP contribution in [0.3, 0.4) is 0 Å². The molecule has 29 heavy (non-hydrogen) atoms. The minimum atomic E-state index is -4.61. The van der Waals surface area contributed by atoms with Crippen molar-refractivity contribution in [3.05, 3.63) is 71.0 Å². The van der Waals surface area contributed by atoms with Crippen LogP contribution < -0.4 is 5.32 Å². The highest BCUT2D eigenvalue weighted by molar-refractivity contribution is 5.96. The number of alkyl halides is 3. The maximum absolute atomic E-state index is 13.1. The Morgan fingerprint density at radius 3 is 2.24 bits per heavy atom. The van der Waals surface area contributed by atoms with Crippen LogP contribution in [0.2, 0.25) is 0 Å². The van der Waals surface area contributed by atoms with E-state index in [4.69, 9.17) is 0 Å². The van der Waals surface area contributed by atoms with Gasteiger partial charge in [0.1, 0.15) is 5.82 Å². The molecule has 1 aliphatic rings. The van der Waals surface area contributed by atoms with E-state index in [1.165, 1.54) is 24.3 Å². The maximum Gasteiger partial charge on any atom is 0.417 e. The molecule has 1 heterocycles. The Kier molecular flexibility index (Phi) is 6.20. The van der Waals surface area contributed by atoms with Crippen molar-refractivity contribution in [2.24, 2.45) is 0 Å². The van der Waals surface area contributed by atoms with Crippen molar-refractivity contribution in [3.8, 4) is 0 Å². The second-order valence-corrected chi connectivity index (χ2v) is 6.98. The number of carbonyl (C=O) groups is 2. The molecule has 8 heteroatoms. The monoisotopic (exact) mass is 408 g/mol. The molecule has 0 aliphatic carbocycles. The molecule has 154 valence electrons. The second-order valence-electron chi connectivity index (χ2n) is 6.98. The van der Waals surface area contributed by atoms with Gasteiger partial charge < -0.3 is 10.2 Å². The summed E-state index contributed by atoms with van der Waals surface area (Å²) in [6, 6.07) is 10.1. The third kappa shape index (κ3) is 5.34. The number of carbonyl (C=O) groups excluding carboxylic acids is 2. The molecule has 2 aromatic rings. The lowest BCUT2D eigenvalue weighted by Crippen LogP contribution is -2.47. The Hall–Kier alpha value is -2.90. The minimum Gasteiger partial charge on any atom is -0.349 e. The molecule has 0 aromatic heterocycles. The van der Waals surface area contributed by atoms with E-state index in [9.17, 15) is 27.2 Å². The van der Waals surface area contributed by atoms with Crippen molar-refractivity contribution in [1.82, 2.24) is 10.2 Å². The number of nitrogens with one attached hydrogen (secondary N) is 1. The summed E-state index contributed by atoms with van der Waals surface area (Å²) in [5, 5.41) is 2.64. The number of hydrogen-bond donors (Lipinski definition) is 1. The van der Waals surface area contributed by atoms with Crippen LogP contribution >= 0.6 is 0 Å². The van der Waals surface area contributed by atoms with E-state index in [-0.39, 0.29) is 24.2 Å². The first kappa shape index (κ1) is 20.8. The van der Waals surface area contributed by atoms with Gasteiger partial charge >= 0.3 is 6.18 Å². The molecular weight excluding hydrogens is 388 g/mol. The number of piperidine rings is 1. The third-order valence-corrected chi connectivity index (χ3v) is 4.93. The van der Waals surface area contributed by atoms with E-state index in [1.807, 2.05) is 0 Å². The Morgan fingerprint density at radius 1 is 1.00 bits per heavy atom. The molecule has 0 spiro atoms. The van der Waals surface area contributed by atoms with Gasteiger partial charge in [-0.1, -0.05) is 24.3 Å². The molecule has 2 amide bonds. The fraction of sp³-hybridized carbons (Fsp3) is 0.333. The zero-order chi connectivity index (χ0) is 21.0. The highest BCUT2D eigenvalue weighted by Crippen LogP contribution is 2.32. The molecule has 1 aliphatic heterocycles. The van der Waals surface area contributed by atoms with E-state index in [1.54, 1.807) is 17.0 Å². The maximum atomic E-state index is 13.1. The van der Waals surface area contributed by atoms with Crippen LogP contribution in [0.25, 0.3) is 0 Å². The zero-order valence-electron chi connectivity index (χ0n) is 15.5. The lowest BCUT2D eigenvalue weighted by molar-refractivity contribution is -0.138. The predicted molar refractivity (Wildman–Crippen MR) is 98.6 cm³/mol. The van der Waals surface area contributed by atoms with Gasteiger partial charge in [0.2, 0.25) is 5.91 Å². The largest absolute Gasteiger partial charge is 0.417 e. The zero-order valence-corrected chi connectivity index (χ0v) is 15.5. The summed E-state index contributed by atoms with van der Waals surface area (Å²) in [6.45, 7) is 0.789. The number of amides is 2. The first-order chi connectivity index (χ1) is 13.7. The van der Waals surface area contributed by atoms with Crippen LogP contribution in [-0.2, 0) is 17.4 Å². The average Bonchev–Trinajstić information content (AvgIpc) is 2.69. The molecule has 0 unspecified atom stereocenters. The molecule has 1 N–H and O–H groups in total. The van der Waals surface area contributed by atoms with Crippen molar-refractivity contribution in [3.63, 3.8) is 0 Å². The smallest absolute Gasteiger partial charge is 0.349 e. The fourth-order valence-electron chi connectivity index (χ4n) is 3.35. The number of nitrogens with zero attached hydrogens (tertiary/aromatic N) is 1. The van der Waals surface area contributed by atoms with Gasteiger partial charge in [-0.15, -0.1) is 0 Å². The van der Waals surface area contributed by atoms with Gasteiger partial charge in [-0.05, 0) is 42.7 Å². The van der Waals surface area contributed by atoms with Gasteiger partial charge in [-0.3, -0.25) is 9.59 Å². The number of rotatable bonds is 4. The Labute approximate surface area is 165 Å². The third-order valence-electron chi connectivity index (χ3n) is 4.93. The average molecular weight is 408 g/mol. The molecule has 0 bridgehead atoms. The molecule has 0 saturated carbocycles. The van der Waals surface area contributed by atoms with Gasteiger partial charge in [0.25, 0.3) is 5.91 Å². The lowest BCUT2D eigenvalue weighted by atomic mass is 10.0. The normalized spacial score (nSPS) is 15.2. The summed E-state index contributed by atoms with van der Waals surface area (Å²) in [7, 11) is 0. The van der Waals surface area contributed by atoms with Crippen LogP contribution in [0, 0.1) is 5.82 Å². The molecule has 1 saturated heterocycles. The van der Waals surface area contributed by atoms with E-state index in [0.29, 0.717) is 31.5 Å². The summed E-state index contributed by atoms with van der Waals surface area (Å²) >= 11 is 0. The summed E-state index contributed by atoms with van der Waals surface area (Å²) in [6.07, 6.45) is -3.55. The van der Waals surface area contributed by atoms with Crippen LogP contribution in [0.4, 0.5) is 17.6 Å². The minimum absolute atomic E-state index is 0.108. The molecule has 1 fully saturated rings. The molecule has 4 nitrogen and oxygen atoms in total. The van der Waals surface area contributed by atoms with Crippen LogP contribution in [0.1, 0.15) is 34.3 Å². The Bertz CT molecular complexity index is 873. The van der Waals surface area contributed by atoms with Crippen molar-refractivity contribution in [2.75, 3.05) is 13.1 Å². The van der Waals surface area contributed by atoms with Crippen molar-refractivity contribution in [2.45, 2.75) is 31.5 Å². The summed E-state index contributed by atoms with van der Waals surface area (Å²) in [5.74, 6) is -1.25. The van der Waals surface area contributed by atoms with Crippen molar-refractivity contribution >= 4 is 11.8 Å². The molecular formula is C21H20F4N2O2. The van der Waals surface area contributed by atoms with E-state index < -0.39 is 23.2 Å². The number of benzene rings is 2. The predicted octanol–water partition coefficient (Wildman–Crippen LogP) is 3.81. The quantitative estimate of drug-likeness (QED) is 0.783. The van der Waals surface area contributed by atoms with Gasteiger partial charge in [0.15, 0.2) is 0 Å². The van der Waals surface area contributed by atoms with Gasteiger partial charge in [-0.25, -0.2) is 4.39 Å². The number of halogens is 4. The van der Waals surface area contributed by atoms with Crippen LogP contribution in [-0.4, -0.2) is 35.8 Å². The Morgan fingerprint density at radius 2 is 1.62 bits per heavy atom. The SMILES string of the molecule is O=C(NC1CCN(C(=O)Cc2ccc(F)cc2)CC1)c1ccccc1C(F)(F)F. The molecule has 0 atom stereocenters. The van der Waals surface area contributed by atoms with Crippen molar-refractivity contribution in [1.29, 1.82) is 0 Å².